The third-order valence-corrected chi connectivity index (χ3v) is 4.60. The van der Waals surface area contributed by atoms with Crippen molar-refractivity contribution in [3.05, 3.63) is 35.5 Å². The minimum atomic E-state index is -0.509. The lowest BCUT2D eigenvalue weighted by Crippen LogP contribution is -2.44. The highest BCUT2D eigenvalue weighted by atomic mass is 16.2. The number of nitrogens with zero attached hydrogens (tertiary/aromatic N) is 6. The average molecular weight is 328 g/mol. The molecular weight excluding hydrogens is 304 g/mol. The number of carbonyl (C=O) groups is 1. The molecule has 1 amide bonds. The molecule has 2 aromatic heterocycles. The molecule has 0 spiro atoms. The highest BCUT2D eigenvalue weighted by Crippen LogP contribution is 2.38. The molecule has 0 aliphatic carbocycles. The molecule has 1 fully saturated rings. The summed E-state index contributed by atoms with van der Waals surface area (Å²) in [6.07, 6.45) is 3.57. The van der Waals surface area contributed by atoms with Crippen molar-refractivity contribution in [2.24, 2.45) is 7.05 Å². The lowest BCUT2D eigenvalue weighted by atomic mass is 9.97. The number of rotatable bonds is 3. The second-order valence-corrected chi connectivity index (χ2v) is 6.79. The first-order valence-electron chi connectivity index (χ1n) is 8.16. The SMILES string of the molecule is Cc1cc(N(C)C)nc([C@@]2(C)CCCN2C(=O)c2ccn(C)n2)n1. The van der Waals surface area contributed by atoms with Crippen LogP contribution in [0.25, 0.3) is 0 Å². The van der Waals surface area contributed by atoms with Gasteiger partial charge in [-0.1, -0.05) is 0 Å². The summed E-state index contributed by atoms with van der Waals surface area (Å²) in [7, 11) is 5.73. The first kappa shape index (κ1) is 16.4. The van der Waals surface area contributed by atoms with Crippen LogP contribution in [0.1, 0.15) is 41.8 Å². The monoisotopic (exact) mass is 328 g/mol. The Morgan fingerprint density at radius 1 is 1.33 bits per heavy atom. The third kappa shape index (κ3) is 2.74. The molecule has 24 heavy (non-hydrogen) atoms. The van der Waals surface area contributed by atoms with Gasteiger partial charge in [0, 0.05) is 45.6 Å². The molecule has 1 aliphatic heterocycles. The molecule has 2 aromatic rings. The van der Waals surface area contributed by atoms with Crippen LogP contribution in [0.4, 0.5) is 5.82 Å². The van der Waals surface area contributed by atoms with Gasteiger partial charge in [-0.2, -0.15) is 5.10 Å². The van der Waals surface area contributed by atoms with E-state index in [1.165, 1.54) is 0 Å². The van der Waals surface area contributed by atoms with Crippen LogP contribution in [0.15, 0.2) is 18.3 Å². The summed E-state index contributed by atoms with van der Waals surface area (Å²) in [5.41, 5.74) is 0.860. The fraction of sp³-hybridized carbons (Fsp3) is 0.529. The Kier molecular flexibility index (Phi) is 4.03. The van der Waals surface area contributed by atoms with Crippen LogP contribution in [0.3, 0.4) is 0 Å². The maximum atomic E-state index is 12.9. The zero-order valence-corrected chi connectivity index (χ0v) is 14.9. The van der Waals surface area contributed by atoms with Crippen molar-refractivity contribution in [3.8, 4) is 0 Å². The Morgan fingerprint density at radius 3 is 2.71 bits per heavy atom. The van der Waals surface area contributed by atoms with Crippen LogP contribution in [-0.4, -0.2) is 51.2 Å². The van der Waals surface area contributed by atoms with Gasteiger partial charge in [0.1, 0.15) is 17.1 Å². The zero-order chi connectivity index (χ0) is 17.5. The van der Waals surface area contributed by atoms with E-state index in [4.69, 9.17) is 4.98 Å². The molecule has 3 heterocycles. The van der Waals surface area contributed by atoms with E-state index in [1.807, 2.05) is 43.9 Å². The maximum absolute atomic E-state index is 12.9. The van der Waals surface area contributed by atoms with Crippen molar-refractivity contribution >= 4 is 11.7 Å². The number of aromatic nitrogens is 4. The van der Waals surface area contributed by atoms with Gasteiger partial charge in [-0.3, -0.25) is 9.48 Å². The van der Waals surface area contributed by atoms with Gasteiger partial charge in [-0.15, -0.1) is 0 Å². The fourth-order valence-electron chi connectivity index (χ4n) is 3.21. The predicted octanol–water partition coefficient (Wildman–Crippen LogP) is 1.74. The quantitative estimate of drug-likeness (QED) is 0.858. The Balaban J connectivity index is 2.00. The highest BCUT2D eigenvalue weighted by molar-refractivity contribution is 5.93. The number of anilines is 1. The maximum Gasteiger partial charge on any atom is 0.275 e. The van der Waals surface area contributed by atoms with E-state index in [9.17, 15) is 4.79 Å². The summed E-state index contributed by atoms with van der Waals surface area (Å²) in [5.74, 6) is 1.50. The van der Waals surface area contributed by atoms with Gasteiger partial charge in [-0.05, 0) is 32.8 Å². The van der Waals surface area contributed by atoms with Crippen molar-refractivity contribution in [2.75, 3.05) is 25.5 Å². The molecule has 0 aromatic carbocycles. The number of carbonyl (C=O) groups excluding carboxylic acids is 1. The van der Waals surface area contributed by atoms with Gasteiger partial charge >= 0.3 is 0 Å². The number of amides is 1. The Labute approximate surface area is 142 Å². The summed E-state index contributed by atoms with van der Waals surface area (Å²) >= 11 is 0. The second kappa shape index (κ2) is 5.89. The second-order valence-electron chi connectivity index (χ2n) is 6.79. The van der Waals surface area contributed by atoms with Crippen molar-refractivity contribution in [1.29, 1.82) is 0 Å². The van der Waals surface area contributed by atoms with E-state index in [2.05, 4.69) is 17.0 Å². The summed E-state index contributed by atoms with van der Waals surface area (Å²) < 4.78 is 1.65. The van der Waals surface area contributed by atoms with E-state index in [0.717, 1.165) is 24.4 Å². The van der Waals surface area contributed by atoms with Crippen molar-refractivity contribution < 1.29 is 4.79 Å². The van der Waals surface area contributed by atoms with E-state index in [0.29, 0.717) is 18.1 Å². The number of hydrogen-bond acceptors (Lipinski definition) is 5. The molecule has 7 heteroatoms. The highest BCUT2D eigenvalue weighted by Gasteiger charge is 2.44. The number of aryl methyl sites for hydroxylation is 2. The zero-order valence-electron chi connectivity index (χ0n) is 14.9. The van der Waals surface area contributed by atoms with Crippen LogP contribution < -0.4 is 4.90 Å². The number of hydrogen-bond donors (Lipinski definition) is 0. The number of likely N-dealkylation sites (tertiary alicyclic amines) is 1. The van der Waals surface area contributed by atoms with E-state index < -0.39 is 5.54 Å². The summed E-state index contributed by atoms with van der Waals surface area (Å²) in [5, 5.41) is 4.25. The molecule has 128 valence electrons. The molecule has 0 saturated carbocycles. The van der Waals surface area contributed by atoms with Crippen LogP contribution in [-0.2, 0) is 12.6 Å². The summed E-state index contributed by atoms with van der Waals surface area (Å²) in [6.45, 7) is 4.71. The standard InChI is InChI=1S/C17H24N6O/c1-12-11-14(21(3)4)19-16(18-12)17(2)8-6-9-23(17)15(24)13-7-10-22(5)20-13/h7,10-11H,6,8-9H2,1-5H3/t17-/m1/s1. The normalized spacial score (nSPS) is 20.5. The van der Waals surface area contributed by atoms with Crippen LogP contribution in [0.5, 0.6) is 0 Å². The molecule has 0 N–H and O–H groups in total. The van der Waals surface area contributed by atoms with Gasteiger partial charge in [0.25, 0.3) is 5.91 Å². The molecule has 0 bridgehead atoms. The molecule has 1 aliphatic rings. The molecule has 3 rings (SSSR count). The predicted molar refractivity (Wildman–Crippen MR) is 91.9 cm³/mol. The van der Waals surface area contributed by atoms with Gasteiger partial charge < -0.3 is 9.80 Å². The van der Waals surface area contributed by atoms with E-state index >= 15 is 0 Å². The lowest BCUT2D eigenvalue weighted by molar-refractivity contribution is 0.0596. The van der Waals surface area contributed by atoms with Crippen molar-refractivity contribution in [2.45, 2.75) is 32.2 Å². The molecule has 0 unspecified atom stereocenters. The minimum Gasteiger partial charge on any atom is -0.363 e. The van der Waals surface area contributed by atoms with Gasteiger partial charge in [-0.25, -0.2) is 9.97 Å². The average Bonchev–Trinajstić information content (AvgIpc) is 3.13. The van der Waals surface area contributed by atoms with Gasteiger partial charge in [0.05, 0.1) is 0 Å². The Morgan fingerprint density at radius 2 is 2.08 bits per heavy atom. The van der Waals surface area contributed by atoms with Crippen molar-refractivity contribution in [1.82, 2.24) is 24.6 Å². The largest absolute Gasteiger partial charge is 0.363 e. The van der Waals surface area contributed by atoms with E-state index in [1.54, 1.807) is 16.9 Å². The van der Waals surface area contributed by atoms with Crippen LogP contribution in [0.2, 0.25) is 0 Å². The van der Waals surface area contributed by atoms with Gasteiger partial charge in [0.2, 0.25) is 0 Å². The summed E-state index contributed by atoms with van der Waals surface area (Å²) in [6, 6.07) is 3.70. The van der Waals surface area contributed by atoms with E-state index in [-0.39, 0.29) is 5.91 Å². The minimum absolute atomic E-state index is 0.0629. The smallest absolute Gasteiger partial charge is 0.275 e. The topological polar surface area (TPSA) is 67.2 Å². The molecule has 1 saturated heterocycles. The lowest BCUT2D eigenvalue weighted by Gasteiger charge is -2.34. The molecule has 0 radical (unpaired) electrons. The first-order valence-corrected chi connectivity index (χ1v) is 8.16. The molecule has 1 atom stereocenters. The summed E-state index contributed by atoms with van der Waals surface area (Å²) in [4.78, 5) is 26.1. The third-order valence-electron chi connectivity index (χ3n) is 4.60. The molecule has 7 nitrogen and oxygen atoms in total. The van der Waals surface area contributed by atoms with Crippen molar-refractivity contribution in [3.63, 3.8) is 0 Å². The fourth-order valence-corrected chi connectivity index (χ4v) is 3.21. The Bertz CT molecular complexity index is 768. The van der Waals surface area contributed by atoms with Crippen LogP contribution >= 0.6 is 0 Å². The van der Waals surface area contributed by atoms with Crippen LogP contribution in [0, 0.1) is 6.92 Å². The first-order chi connectivity index (χ1) is 11.3. The molecular formula is C17H24N6O. The van der Waals surface area contributed by atoms with Gasteiger partial charge in [0.15, 0.2) is 5.82 Å². The Hall–Kier alpha value is -2.44.